The third kappa shape index (κ3) is 4.32. The second-order valence-electron chi connectivity index (χ2n) is 7.08. The van der Waals surface area contributed by atoms with Crippen LogP contribution in [0.2, 0.25) is 0 Å². The molecule has 0 amide bonds. The van der Waals surface area contributed by atoms with Crippen LogP contribution in [0, 0.1) is 12.7 Å². The van der Waals surface area contributed by atoms with Crippen molar-refractivity contribution >= 4 is 5.78 Å². The van der Waals surface area contributed by atoms with Crippen LogP contribution >= 0.6 is 0 Å². The molecule has 0 spiro atoms. The van der Waals surface area contributed by atoms with Crippen LogP contribution in [0.25, 0.3) is 22.5 Å². The monoisotopic (exact) mass is 385 g/mol. The average Bonchev–Trinajstić information content (AvgIpc) is 3.26. The van der Waals surface area contributed by atoms with E-state index in [4.69, 9.17) is 4.42 Å². The van der Waals surface area contributed by atoms with Gasteiger partial charge in [-0.1, -0.05) is 54.6 Å². The normalized spacial score (nSPS) is 10.8. The number of benzene rings is 3. The Morgan fingerprint density at radius 1 is 0.966 bits per heavy atom. The predicted octanol–water partition coefficient (Wildman–Crippen LogP) is 5.81. The number of carbonyl (C=O) groups excluding carboxylic acids is 1. The van der Waals surface area contributed by atoms with Gasteiger partial charge in [0.15, 0.2) is 12.2 Å². The van der Waals surface area contributed by atoms with Gasteiger partial charge >= 0.3 is 0 Å². The zero-order valence-corrected chi connectivity index (χ0v) is 16.1. The lowest BCUT2D eigenvalue weighted by Gasteiger charge is -2.09. The van der Waals surface area contributed by atoms with Gasteiger partial charge in [0.25, 0.3) is 0 Å². The minimum absolute atomic E-state index is 0.00801. The summed E-state index contributed by atoms with van der Waals surface area (Å²) in [7, 11) is 0. The van der Waals surface area contributed by atoms with E-state index in [9.17, 15) is 9.18 Å². The number of halogens is 1. The van der Waals surface area contributed by atoms with E-state index in [0.29, 0.717) is 5.56 Å². The summed E-state index contributed by atoms with van der Waals surface area (Å²) < 4.78 is 19.1. The molecule has 0 aliphatic rings. The summed E-state index contributed by atoms with van der Waals surface area (Å²) in [5.41, 5.74) is 5.63. The molecule has 1 aromatic heterocycles. The number of nitrogens with zero attached hydrogens (tertiary/aromatic N) is 1. The van der Waals surface area contributed by atoms with Crippen LogP contribution < -0.4 is 0 Å². The molecule has 4 aromatic rings. The quantitative estimate of drug-likeness (QED) is 0.421. The summed E-state index contributed by atoms with van der Waals surface area (Å²) in [6, 6.07) is 20.5. The van der Waals surface area contributed by atoms with Crippen molar-refractivity contribution in [1.29, 1.82) is 0 Å². The average molecular weight is 385 g/mol. The van der Waals surface area contributed by atoms with Crippen LogP contribution in [0.1, 0.15) is 16.7 Å². The standard InChI is InChI=1S/C25H20FNO2/c1-17-6-9-21(25-15-27-16-29-25)14-23(17)19-10-7-18(8-11-19)12-22(28)13-20-4-2-3-5-24(20)26/h2-11,14-16H,12-13H2,1H3. The van der Waals surface area contributed by atoms with Crippen molar-refractivity contribution in [3.05, 3.63) is 102 Å². The lowest BCUT2D eigenvalue weighted by molar-refractivity contribution is -0.117. The zero-order valence-electron chi connectivity index (χ0n) is 16.1. The number of hydrogen-bond acceptors (Lipinski definition) is 3. The summed E-state index contributed by atoms with van der Waals surface area (Å²) in [6.45, 7) is 2.06. The fraction of sp³-hybridized carbons (Fsp3) is 0.120. The summed E-state index contributed by atoms with van der Waals surface area (Å²) in [5.74, 6) is 0.381. The van der Waals surface area contributed by atoms with Crippen molar-refractivity contribution in [3.8, 4) is 22.5 Å². The Bertz CT molecular complexity index is 1130. The number of oxazole rings is 1. The van der Waals surface area contributed by atoms with E-state index in [1.54, 1.807) is 24.4 Å². The molecule has 1 heterocycles. The fourth-order valence-electron chi connectivity index (χ4n) is 3.39. The first-order valence-electron chi connectivity index (χ1n) is 9.44. The molecule has 3 nitrogen and oxygen atoms in total. The van der Waals surface area contributed by atoms with Crippen LogP contribution in [-0.2, 0) is 17.6 Å². The molecular formula is C25H20FNO2. The van der Waals surface area contributed by atoms with Gasteiger partial charge < -0.3 is 4.42 Å². The van der Waals surface area contributed by atoms with Gasteiger partial charge in [-0.05, 0) is 46.9 Å². The number of Topliss-reactive ketones (excluding diaryl/α,β-unsaturated/α-hetero) is 1. The van der Waals surface area contributed by atoms with E-state index in [0.717, 1.165) is 33.6 Å². The molecular weight excluding hydrogens is 365 g/mol. The first-order valence-corrected chi connectivity index (χ1v) is 9.44. The van der Waals surface area contributed by atoms with Crippen molar-refractivity contribution in [3.63, 3.8) is 0 Å². The second-order valence-corrected chi connectivity index (χ2v) is 7.08. The number of rotatable bonds is 6. The minimum atomic E-state index is -0.335. The summed E-state index contributed by atoms with van der Waals surface area (Å²) in [5, 5.41) is 0. The Kier molecular flexibility index (Phi) is 5.34. The smallest absolute Gasteiger partial charge is 0.181 e. The Hall–Kier alpha value is -3.53. The van der Waals surface area contributed by atoms with Crippen molar-refractivity contribution < 1.29 is 13.6 Å². The van der Waals surface area contributed by atoms with E-state index in [2.05, 4.69) is 24.0 Å². The Labute approximate surface area is 168 Å². The minimum Gasteiger partial charge on any atom is -0.444 e. The summed E-state index contributed by atoms with van der Waals surface area (Å²) in [6.07, 6.45) is 3.50. The van der Waals surface area contributed by atoms with Crippen LogP contribution in [0.5, 0.6) is 0 Å². The second kappa shape index (κ2) is 8.23. The molecule has 4 heteroatoms. The Balaban J connectivity index is 1.50. The van der Waals surface area contributed by atoms with Gasteiger partial charge in [0, 0.05) is 18.4 Å². The molecule has 0 saturated carbocycles. The third-order valence-electron chi connectivity index (χ3n) is 4.97. The number of carbonyl (C=O) groups is 1. The van der Waals surface area contributed by atoms with E-state index < -0.39 is 0 Å². The van der Waals surface area contributed by atoms with Gasteiger partial charge in [0.05, 0.1) is 6.20 Å². The highest BCUT2D eigenvalue weighted by Gasteiger charge is 2.10. The van der Waals surface area contributed by atoms with Crippen molar-refractivity contribution in [2.75, 3.05) is 0 Å². The van der Waals surface area contributed by atoms with Crippen molar-refractivity contribution in [2.24, 2.45) is 0 Å². The van der Waals surface area contributed by atoms with Crippen LogP contribution in [0.3, 0.4) is 0 Å². The largest absolute Gasteiger partial charge is 0.444 e. The highest BCUT2D eigenvalue weighted by molar-refractivity contribution is 5.83. The summed E-state index contributed by atoms with van der Waals surface area (Å²) >= 11 is 0. The van der Waals surface area contributed by atoms with E-state index in [-0.39, 0.29) is 24.4 Å². The Morgan fingerprint density at radius 2 is 1.72 bits per heavy atom. The molecule has 0 radical (unpaired) electrons. The van der Waals surface area contributed by atoms with Gasteiger partial charge in [-0.15, -0.1) is 0 Å². The van der Waals surface area contributed by atoms with Gasteiger partial charge in [0.1, 0.15) is 11.6 Å². The Morgan fingerprint density at radius 3 is 2.45 bits per heavy atom. The van der Waals surface area contributed by atoms with Crippen molar-refractivity contribution in [2.45, 2.75) is 19.8 Å². The number of aromatic nitrogens is 1. The maximum atomic E-state index is 13.7. The van der Waals surface area contributed by atoms with Crippen LogP contribution in [0.15, 0.2) is 83.7 Å². The molecule has 29 heavy (non-hydrogen) atoms. The fourth-order valence-corrected chi connectivity index (χ4v) is 3.39. The molecule has 0 bridgehead atoms. The zero-order chi connectivity index (χ0) is 20.2. The first-order chi connectivity index (χ1) is 14.1. The highest BCUT2D eigenvalue weighted by atomic mass is 19.1. The lowest BCUT2D eigenvalue weighted by Crippen LogP contribution is -2.07. The van der Waals surface area contributed by atoms with Gasteiger partial charge in [-0.2, -0.15) is 0 Å². The number of hydrogen-bond donors (Lipinski definition) is 0. The molecule has 4 rings (SSSR count). The maximum absolute atomic E-state index is 13.7. The van der Waals surface area contributed by atoms with Gasteiger partial charge in [0.2, 0.25) is 0 Å². The summed E-state index contributed by atoms with van der Waals surface area (Å²) in [4.78, 5) is 16.3. The molecule has 0 fully saturated rings. The van der Waals surface area contributed by atoms with Crippen LogP contribution in [-0.4, -0.2) is 10.8 Å². The molecule has 0 aliphatic carbocycles. The molecule has 0 unspecified atom stereocenters. The molecule has 0 saturated heterocycles. The lowest BCUT2D eigenvalue weighted by atomic mass is 9.95. The SMILES string of the molecule is Cc1ccc(-c2cnco2)cc1-c1ccc(CC(=O)Cc2ccccc2F)cc1. The highest BCUT2D eigenvalue weighted by Crippen LogP contribution is 2.29. The topological polar surface area (TPSA) is 43.1 Å². The number of ketones is 1. The van der Waals surface area contributed by atoms with E-state index in [1.807, 2.05) is 30.3 Å². The molecule has 0 aliphatic heterocycles. The van der Waals surface area contributed by atoms with Crippen LogP contribution in [0.4, 0.5) is 4.39 Å². The first kappa shape index (κ1) is 18.8. The third-order valence-corrected chi connectivity index (χ3v) is 4.97. The number of aryl methyl sites for hydroxylation is 1. The van der Waals surface area contributed by atoms with Gasteiger partial charge in [-0.3, -0.25) is 4.79 Å². The molecule has 0 N–H and O–H groups in total. The van der Waals surface area contributed by atoms with Gasteiger partial charge in [-0.25, -0.2) is 9.37 Å². The molecule has 0 atom stereocenters. The van der Waals surface area contributed by atoms with E-state index >= 15 is 0 Å². The maximum Gasteiger partial charge on any atom is 0.181 e. The molecule has 144 valence electrons. The van der Waals surface area contributed by atoms with Crippen molar-refractivity contribution in [1.82, 2.24) is 4.98 Å². The molecule has 3 aromatic carbocycles. The van der Waals surface area contributed by atoms with E-state index in [1.165, 1.54) is 12.5 Å². The predicted molar refractivity (Wildman–Crippen MR) is 111 cm³/mol.